The first-order valence-electron chi connectivity index (χ1n) is 8.44. The number of pyridine rings is 1. The molecule has 0 saturated carbocycles. The van der Waals surface area contributed by atoms with Crippen molar-refractivity contribution in [1.82, 2.24) is 4.98 Å². The Hall–Kier alpha value is -3.34. The number of aromatic nitrogens is 1. The topological polar surface area (TPSA) is 48.5 Å². The zero-order valence-corrected chi connectivity index (χ0v) is 15.0. The smallest absolute Gasteiger partial charge is 0.327 e. The van der Waals surface area contributed by atoms with Crippen LogP contribution in [-0.2, 0) is 6.54 Å². The number of anilines is 3. The lowest BCUT2D eigenvalue weighted by atomic mass is 10.2. The van der Waals surface area contributed by atoms with Gasteiger partial charge >= 0.3 is 6.03 Å². The van der Waals surface area contributed by atoms with Gasteiger partial charge < -0.3 is 10.2 Å². The summed E-state index contributed by atoms with van der Waals surface area (Å²) in [5, 5.41) is 2.93. The van der Waals surface area contributed by atoms with Gasteiger partial charge in [0, 0.05) is 31.7 Å². The lowest BCUT2D eigenvalue weighted by Crippen LogP contribution is -2.35. The molecule has 5 nitrogen and oxygen atoms in total. The van der Waals surface area contributed by atoms with Crippen molar-refractivity contribution < 1.29 is 4.79 Å². The highest BCUT2D eigenvalue weighted by Crippen LogP contribution is 2.19. The van der Waals surface area contributed by atoms with E-state index in [1.165, 1.54) is 0 Å². The van der Waals surface area contributed by atoms with E-state index >= 15 is 0 Å². The van der Waals surface area contributed by atoms with E-state index in [1.54, 1.807) is 11.1 Å². The zero-order chi connectivity index (χ0) is 18.4. The van der Waals surface area contributed by atoms with E-state index < -0.39 is 0 Å². The minimum absolute atomic E-state index is 0.216. The van der Waals surface area contributed by atoms with Gasteiger partial charge in [-0.3, -0.25) is 4.90 Å². The maximum atomic E-state index is 12.9. The van der Waals surface area contributed by atoms with Crippen LogP contribution in [0.15, 0.2) is 79.0 Å². The van der Waals surface area contributed by atoms with E-state index in [-0.39, 0.29) is 6.03 Å². The summed E-state index contributed by atoms with van der Waals surface area (Å²) in [6.07, 6.45) is 1.69. The molecule has 1 N–H and O–H groups in total. The van der Waals surface area contributed by atoms with Crippen LogP contribution in [0.3, 0.4) is 0 Å². The summed E-state index contributed by atoms with van der Waals surface area (Å²) in [5.41, 5.74) is 2.90. The first kappa shape index (κ1) is 17.5. The Bertz CT molecular complexity index is 833. The van der Waals surface area contributed by atoms with Crippen LogP contribution in [0.5, 0.6) is 0 Å². The van der Waals surface area contributed by atoms with E-state index in [2.05, 4.69) is 10.3 Å². The van der Waals surface area contributed by atoms with Crippen LogP contribution in [0, 0.1) is 0 Å². The normalized spacial score (nSPS) is 10.2. The summed E-state index contributed by atoms with van der Waals surface area (Å²) in [6.45, 7) is 0.434. The molecule has 0 radical (unpaired) electrons. The van der Waals surface area contributed by atoms with Crippen LogP contribution in [0.25, 0.3) is 0 Å². The van der Waals surface area contributed by atoms with Gasteiger partial charge in [-0.25, -0.2) is 9.78 Å². The molecule has 0 fully saturated rings. The number of nitrogens with zero attached hydrogens (tertiary/aromatic N) is 3. The fourth-order valence-corrected chi connectivity index (χ4v) is 2.56. The molecule has 0 aliphatic heterocycles. The van der Waals surface area contributed by atoms with Crippen molar-refractivity contribution >= 4 is 23.2 Å². The third-order valence-electron chi connectivity index (χ3n) is 3.99. The van der Waals surface area contributed by atoms with Crippen LogP contribution in [0.1, 0.15) is 5.56 Å². The highest BCUT2D eigenvalue weighted by atomic mass is 16.2. The van der Waals surface area contributed by atoms with Crippen molar-refractivity contribution in [3.8, 4) is 0 Å². The van der Waals surface area contributed by atoms with Crippen molar-refractivity contribution in [3.63, 3.8) is 0 Å². The predicted molar refractivity (Wildman–Crippen MR) is 107 cm³/mol. The molecule has 26 heavy (non-hydrogen) atoms. The zero-order valence-electron chi connectivity index (χ0n) is 15.0. The second-order valence-electron chi connectivity index (χ2n) is 6.13. The highest BCUT2D eigenvalue weighted by Gasteiger charge is 2.17. The maximum absolute atomic E-state index is 12.9. The molecule has 3 aromatic rings. The molecular weight excluding hydrogens is 324 g/mol. The summed E-state index contributed by atoms with van der Waals surface area (Å²) < 4.78 is 0. The fourth-order valence-electron chi connectivity index (χ4n) is 2.56. The third-order valence-corrected chi connectivity index (χ3v) is 3.99. The molecule has 0 bridgehead atoms. The average molecular weight is 346 g/mol. The first-order chi connectivity index (χ1) is 12.6. The van der Waals surface area contributed by atoms with Crippen molar-refractivity contribution in [2.45, 2.75) is 6.54 Å². The predicted octanol–water partition coefficient (Wildman–Crippen LogP) is 4.39. The minimum Gasteiger partial charge on any atom is -0.378 e. The molecule has 2 aromatic carbocycles. The van der Waals surface area contributed by atoms with Gasteiger partial charge in [0.05, 0.1) is 6.54 Å². The quantitative estimate of drug-likeness (QED) is 0.745. The molecular formula is C21H22N4O. The van der Waals surface area contributed by atoms with Crippen molar-refractivity contribution in [2.75, 3.05) is 29.2 Å². The number of para-hydroxylation sites is 1. The summed E-state index contributed by atoms with van der Waals surface area (Å²) >= 11 is 0. The number of amides is 2. The molecule has 0 saturated heterocycles. The van der Waals surface area contributed by atoms with Crippen LogP contribution in [0.4, 0.5) is 22.0 Å². The summed E-state index contributed by atoms with van der Waals surface area (Å²) in [5.74, 6) is 0.609. The summed E-state index contributed by atoms with van der Waals surface area (Å²) in [7, 11) is 4.00. The van der Waals surface area contributed by atoms with E-state index in [9.17, 15) is 4.79 Å². The van der Waals surface area contributed by atoms with Gasteiger partial charge in [-0.15, -0.1) is 0 Å². The van der Waals surface area contributed by atoms with E-state index in [1.807, 2.05) is 91.8 Å². The SMILES string of the molecule is CN(C)c1ccc(CN(C(=O)Nc2ccccc2)c2ccccn2)cc1. The molecule has 1 heterocycles. The Kier molecular flexibility index (Phi) is 5.49. The summed E-state index contributed by atoms with van der Waals surface area (Å²) in [6, 6.07) is 22.9. The second-order valence-corrected chi connectivity index (χ2v) is 6.13. The van der Waals surface area contributed by atoms with Gasteiger partial charge in [0.1, 0.15) is 5.82 Å². The molecule has 132 valence electrons. The number of hydrogen-bond donors (Lipinski definition) is 1. The number of rotatable bonds is 5. The van der Waals surface area contributed by atoms with Gasteiger partial charge in [0.15, 0.2) is 0 Å². The Labute approximate surface area is 153 Å². The standard InChI is InChI=1S/C21H22N4O/c1-24(2)19-13-11-17(12-14-19)16-25(20-10-6-7-15-22-20)21(26)23-18-8-4-3-5-9-18/h3-15H,16H2,1-2H3,(H,23,26). The highest BCUT2D eigenvalue weighted by molar-refractivity contribution is 6.01. The Balaban J connectivity index is 1.82. The Morgan fingerprint density at radius 2 is 1.62 bits per heavy atom. The number of urea groups is 1. The molecule has 5 heteroatoms. The van der Waals surface area contributed by atoms with Crippen molar-refractivity contribution in [1.29, 1.82) is 0 Å². The van der Waals surface area contributed by atoms with Crippen LogP contribution < -0.4 is 15.1 Å². The van der Waals surface area contributed by atoms with Crippen molar-refractivity contribution in [2.24, 2.45) is 0 Å². The molecule has 0 spiro atoms. The second kappa shape index (κ2) is 8.16. The van der Waals surface area contributed by atoms with Crippen LogP contribution in [-0.4, -0.2) is 25.1 Å². The molecule has 1 aromatic heterocycles. The number of benzene rings is 2. The number of carbonyl (C=O) groups excluding carboxylic acids is 1. The minimum atomic E-state index is -0.216. The molecule has 3 rings (SSSR count). The monoisotopic (exact) mass is 346 g/mol. The lowest BCUT2D eigenvalue weighted by molar-refractivity contribution is 0.256. The van der Waals surface area contributed by atoms with Gasteiger partial charge in [0.2, 0.25) is 0 Å². The van der Waals surface area contributed by atoms with E-state index in [0.717, 1.165) is 16.9 Å². The van der Waals surface area contributed by atoms with E-state index in [4.69, 9.17) is 0 Å². The van der Waals surface area contributed by atoms with Gasteiger partial charge in [0.25, 0.3) is 0 Å². The summed E-state index contributed by atoms with van der Waals surface area (Å²) in [4.78, 5) is 20.9. The average Bonchev–Trinajstić information content (AvgIpc) is 2.68. The van der Waals surface area contributed by atoms with Crippen molar-refractivity contribution in [3.05, 3.63) is 84.6 Å². The first-order valence-corrected chi connectivity index (χ1v) is 8.44. The van der Waals surface area contributed by atoms with Crippen LogP contribution >= 0.6 is 0 Å². The number of nitrogens with one attached hydrogen (secondary N) is 1. The number of carbonyl (C=O) groups is 1. The lowest BCUT2D eigenvalue weighted by Gasteiger charge is -2.23. The number of hydrogen-bond acceptors (Lipinski definition) is 3. The maximum Gasteiger partial charge on any atom is 0.327 e. The molecule has 0 atom stereocenters. The largest absolute Gasteiger partial charge is 0.378 e. The molecule has 0 unspecified atom stereocenters. The Morgan fingerprint density at radius 1 is 0.923 bits per heavy atom. The van der Waals surface area contributed by atoms with Crippen LogP contribution in [0.2, 0.25) is 0 Å². The van der Waals surface area contributed by atoms with Gasteiger partial charge in [-0.2, -0.15) is 0 Å². The molecule has 0 aliphatic carbocycles. The molecule has 0 aliphatic rings. The van der Waals surface area contributed by atoms with E-state index in [0.29, 0.717) is 12.4 Å². The fraction of sp³-hybridized carbons (Fsp3) is 0.143. The molecule has 2 amide bonds. The van der Waals surface area contributed by atoms with Gasteiger partial charge in [-0.1, -0.05) is 36.4 Å². The third kappa shape index (κ3) is 4.39. The van der Waals surface area contributed by atoms with Gasteiger partial charge in [-0.05, 0) is 42.0 Å². The Morgan fingerprint density at radius 3 is 2.23 bits per heavy atom.